The SMILES string of the molecule is CN(C)CCCN=C1c2ccccc2CCc2ccccc21.O=C(O)C(=O)O. The lowest BCUT2D eigenvalue weighted by Crippen LogP contribution is -2.14. The van der Waals surface area contributed by atoms with Gasteiger partial charge in [-0.2, -0.15) is 0 Å². The number of hydrogen-bond donors (Lipinski definition) is 2. The van der Waals surface area contributed by atoms with Crippen molar-refractivity contribution in [2.24, 2.45) is 4.99 Å². The Kier molecular flexibility index (Phi) is 7.89. The van der Waals surface area contributed by atoms with E-state index in [1.165, 1.54) is 28.0 Å². The van der Waals surface area contributed by atoms with Gasteiger partial charge in [-0.15, -0.1) is 0 Å². The first-order chi connectivity index (χ1) is 13.4. The Labute approximate surface area is 165 Å². The van der Waals surface area contributed by atoms with Crippen LogP contribution in [0.2, 0.25) is 0 Å². The third-order valence-corrected chi connectivity index (χ3v) is 4.42. The Bertz CT molecular complexity index is 798. The summed E-state index contributed by atoms with van der Waals surface area (Å²) in [5.41, 5.74) is 6.66. The smallest absolute Gasteiger partial charge is 0.414 e. The lowest BCUT2D eigenvalue weighted by molar-refractivity contribution is -0.159. The third kappa shape index (κ3) is 6.03. The number of nitrogens with zero attached hydrogens (tertiary/aromatic N) is 2. The fourth-order valence-corrected chi connectivity index (χ4v) is 3.10. The number of fused-ring (bicyclic) bond motifs is 2. The molecule has 2 N–H and O–H groups in total. The van der Waals surface area contributed by atoms with Gasteiger partial charge in [-0.05, 0) is 51.0 Å². The van der Waals surface area contributed by atoms with E-state index in [0.29, 0.717) is 0 Å². The Hall–Kier alpha value is -2.99. The summed E-state index contributed by atoms with van der Waals surface area (Å²) in [4.78, 5) is 25.4. The van der Waals surface area contributed by atoms with E-state index in [1.807, 2.05) is 0 Å². The molecule has 2 aromatic carbocycles. The van der Waals surface area contributed by atoms with E-state index in [-0.39, 0.29) is 0 Å². The standard InChI is InChI=1S/C20H24N2.C2H2O4/c1-22(2)15-7-14-21-20-18-10-5-3-8-16(18)12-13-17-9-4-6-11-19(17)20;3-1(4)2(5)6/h3-6,8-11H,7,12-15H2,1-2H3;(H,3,4)(H,5,6). The van der Waals surface area contributed by atoms with Gasteiger partial charge in [0.2, 0.25) is 0 Å². The summed E-state index contributed by atoms with van der Waals surface area (Å²) >= 11 is 0. The van der Waals surface area contributed by atoms with Crippen LogP contribution >= 0.6 is 0 Å². The minimum atomic E-state index is -1.82. The molecule has 0 aromatic heterocycles. The monoisotopic (exact) mass is 382 g/mol. The summed E-state index contributed by atoms with van der Waals surface area (Å²) in [6.45, 7) is 1.97. The van der Waals surface area contributed by atoms with Gasteiger partial charge in [-0.25, -0.2) is 9.59 Å². The van der Waals surface area contributed by atoms with E-state index < -0.39 is 11.9 Å². The van der Waals surface area contributed by atoms with Crippen LogP contribution in [-0.4, -0.2) is 59.9 Å². The molecule has 0 atom stereocenters. The second kappa shape index (κ2) is 10.4. The van der Waals surface area contributed by atoms with Crippen LogP contribution in [0.4, 0.5) is 0 Å². The van der Waals surface area contributed by atoms with Crippen molar-refractivity contribution in [2.45, 2.75) is 19.3 Å². The molecule has 1 aliphatic rings. The molecule has 0 radical (unpaired) electrons. The van der Waals surface area contributed by atoms with Gasteiger partial charge in [-0.1, -0.05) is 48.5 Å². The Morgan fingerprint density at radius 2 is 1.36 bits per heavy atom. The molecule has 148 valence electrons. The number of carboxylic acids is 2. The highest BCUT2D eigenvalue weighted by Gasteiger charge is 2.18. The largest absolute Gasteiger partial charge is 0.473 e. The number of hydrogen-bond acceptors (Lipinski definition) is 4. The minimum Gasteiger partial charge on any atom is -0.473 e. The van der Waals surface area contributed by atoms with Gasteiger partial charge in [0, 0.05) is 17.7 Å². The highest BCUT2D eigenvalue weighted by Crippen LogP contribution is 2.25. The maximum absolute atomic E-state index is 9.10. The van der Waals surface area contributed by atoms with Crippen LogP contribution in [0.5, 0.6) is 0 Å². The fourth-order valence-electron chi connectivity index (χ4n) is 3.10. The van der Waals surface area contributed by atoms with E-state index in [0.717, 1.165) is 32.4 Å². The number of aliphatic imine (C=N–C) groups is 1. The number of aryl methyl sites for hydroxylation is 2. The van der Waals surface area contributed by atoms with E-state index in [1.54, 1.807) is 0 Å². The van der Waals surface area contributed by atoms with Crippen molar-refractivity contribution >= 4 is 17.7 Å². The average molecular weight is 382 g/mol. The Balaban J connectivity index is 0.000000409. The first kappa shape index (κ1) is 21.3. The molecule has 1 aliphatic carbocycles. The maximum Gasteiger partial charge on any atom is 0.414 e. The first-order valence-corrected chi connectivity index (χ1v) is 9.22. The molecule has 0 fully saturated rings. The molecule has 0 saturated carbocycles. The van der Waals surface area contributed by atoms with Crippen LogP contribution in [0.3, 0.4) is 0 Å². The molecule has 0 unspecified atom stereocenters. The van der Waals surface area contributed by atoms with Crippen molar-refractivity contribution in [2.75, 3.05) is 27.2 Å². The number of carboxylic acid groups (broad SMARTS) is 2. The average Bonchev–Trinajstić information content (AvgIpc) is 2.83. The van der Waals surface area contributed by atoms with E-state index in [9.17, 15) is 0 Å². The molecular formula is C22H26N2O4. The molecule has 0 aliphatic heterocycles. The van der Waals surface area contributed by atoms with Crippen LogP contribution in [-0.2, 0) is 22.4 Å². The predicted octanol–water partition coefficient (Wildman–Crippen LogP) is 2.73. The van der Waals surface area contributed by atoms with Gasteiger partial charge in [0.1, 0.15) is 0 Å². The topological polar surface area (TPSA) is 90.2 Å². The van der Waals surface area contributed by atoms with Crippen LogP contribution in [0, 0.1) is 0 Å². The highest BCUT2D eigenvalue weighted by atomic mass is 16.4. The summed E-state index contributed by atoms with van der Waals surface area (Å²) in [5, 5.41) is 14.8. The second-order valence-corrected chi connectivity index (χ2v) is 6.81. The quantitative estimate of drug-likeness (QED) is 0.627. The number of rotatable bonds is 4. The zero-order valence-corrected chi connectivity index (χ0v) is 16.3. The Morgan fingerprint density at radius 1 is 0.893 bits per heavy atom. The number of aliphatic carboxylic acids is 2. The van der Waals surface area contributed by atoms with Crippen LogP contribution in [0.15, 0.2) is 53.5 Å². The molecule has 2 aromatic rings. The zero-order chi connectivity index (χ0) is 20.5. The highest BCUT2D eigenvalue weighted by molar-refractivity contribution is 6.27. The van der Waals surface area contributed by atoms with Crippen molar-refractivity contribution in [1.29, 1.82) is 0 Å². The van der Waals surface area contributed by atoms with Crippen LogP contribution in [0.25, 0.3) is 0 Å². The molecule has 0 spiro atoms. The molecule has 0 amide bonds. The summed E-state index contributed by atoms with van der Waals surface area (Å²) in [5.74, 6) is -3.65. The summed E-state index contributed by atoms with van der Waals surface area (Å²) in [6.07, 6.45) is 3.30. The van der Waals surface area contributed by atoms with Gasteiger partial charge in [0.25, 0.3) is 0 Å². The van der Waals surface area contributed by atoms with Gasteiger partial charge in [0.15, 0.2) is 0 Å². The summed E-state index contributed by atoms with van der Waals surface area (Å²) in [7, 11) is 4.23. The lowest BCUT2D eigenvalue weighted by atomic mass is 9.98. The van der Waals surface area contributed by atoms with E-state index in [4.69, 9.17) is 24.8 Å². The van der Waals surface area contributed by atoms with Crippen molar-refractivity contribution in [1.82, 2.24) is 4.90 Å². The van der Waals surface area contributed by atoms with Gasteiger partial charge >= 0.3 is 11.9 Å². The number of benzene rings is 2. The fraction of sp³-hybridized carbons (Fsp3) is 0.318. The van der Waals surface area contributed by atoms with Gasteiger partial charge in [0.05, 0.1) is 5.71 Å². The normalized spacial score (nSPS) is 12.2. The van der Waals surface area contributed by atoms with Crippen molar-refractivity contribution < 1.29 is 19.8 Å². The van der Waals surface area contributed by atoms with Gasteiger partial charge in [-0.3, -0.25) is 4.99 Å². The lowest BCUT2D eigenvalue weighted by Gasteiger charge is -2.12. The maximum atomic E-state index is 9.10. The number of carbonyl (C=O) groups is 2. The molecular weight excluding hydrogens is 356 g/mol. The van der Waals surface area contributed by atoms with E-state index in [2.05, 4.69) is 67.5 Å². The first-order valence-electron chi connectivity index (χ1n) is 9.22. The van der Waals surface area contributed by atoms with Crippen LogP contribution in [0.1, 0.15) is 28.7 Å². The molecule has 3 rings (SSSR count). The van der Waals surface area contributed by atoms with Gasteiger partial charge < -0.3 is 15.1 Å². The minimum absolute atomic E-state index is 0.885. The van der Waals surface area contributed by atoms with Crippen molar-refractivity contribution in [3.8, 4) is 0 Å². The molecule has 0 bridgehead atoms. The third-order valence-electron chi connectivity index (χ3n) is 4.42. The molecule has 6 heteroatoms. The Morgan fingerprint density at radius 3 is 1.79 bits per heavy atom. The summed E-state index contributed by atoms with van der Waals surface area (Å²) in [6, 6.07) is 17.5. The zero-order valence-electron chi connectivity index (χ0n) is 16.3. The molecule has 6 nitrogen and oxygen atoms in total. The predicted molar refractivity (Wildman–Crippen MR) is 109 cm³/mol. The molecule has 28 heavy (non-hydrogen) atoms. The van der Waals surface area contributed by atoms with Crippen LogP contribution < -0.4 is 0 Å². The summed E-state index contributed by atoms with van der Waals surface area (Å²) < 4.78 is 0. The van der Waals surface area contributed by atoms with E-state index >= 15 is 0 Å². The molecule has 0 saturated heterocycles. The van der Waals surface area contributed by atoms with Crippen molar-refractivity contribution in [3.63, 3.8) is 0 Å². The molecule has 0 heterocycles. The second-order valence-electron chi connectivity index (χ2n) is 6.81. The van der Waals surface area contributed by atoms with Crippen molar-refractivity contribution in [3.05, 3.63) is 70.8 Å².